The van der Waals surface area contributed by atoms with Crippen LogP contribution < -0.4 is 10.6 Å². The molecule has 1 aromatic heterocycles. The Balaban J connectivity index is 1.82. The van der Waals surface area contributed by atoms with Crippen molar-refractivity contribution in [3.8, 4) is 0 Å². The van der Waals surface area contributed by atoms with Crippen LogP contribution >= 0.6 is 0 Å². The van der Waals surface area contributed by atoms with E-state index in [1.165, 1.54) is 0 Å². The van der Waals surface area contributed by atoms with Crippen LogP contribution in [-0.2, 0) is 4.74 Å². The summed E-state index contributed by atoms with van der Waals surface area (Å²) >= 11 is 0. The third-order valence-electron chi connectivity index (χ3n) is 3.34. The van der Waals surface area contributed by atoms with E-state index < -0.39 is 0 Å². The molecule has 0 spiro atoms. The highest BCUT2D eigenvalue weighted by atomic mass is 16.5. The number of ether oxygens (including phenoxy) is 1. The summed E-state index contributed by atoms with van der Waals surface area (Å²) in [5.41, 5.74) is 1.69. The summed E-state index contributed by atoms with van der Waals surface area (Å²) in [5, 5.41) is 5.97. The molecule has 122 valence electrons. The number of H-pyrrole nitrogens is 1. The van der Waals surface area contributed by atoms with E-state index in [-0.39, 0.29) is 11.7 Å². The zero-order valence-electron chi connectivity index (χ0n) is 13.1. The molecule has 6 heteroatoms. The van der Waals surface area contributed by atoms with E-state index in [4.69, 9.17) is 4.74 Å². The van der Waals surface area contributed by atoms with Crippen LogP contribution in [0.25, 0.3) is 0 Å². The number of rotatable bonds is 9. The molecule has 23 heavy (non-hydrogen) atoms. The van der Waals surface area contributed by atoms with Crippen LogP contribution in [0.3, 0.4) is 0 Å². The predicted octanol–water partition coefficient (Wildman–Crippen LogP) is 1.21. The molecule has 0 radical (unpaired) electrons. The van der Waals surface area contributed by atoms with E-state index >= 15 is 0 Å². The Morgan fingerprint density at radius 2 is 1.74 bits per heavy atom. The van der Waals surface area contributed by atoms with E-state index in [0.29, 0.717) is 36.4 Å². The number of aromatic amines is 1. The summed E-state index contributed by atoms with van der Waals surface area (Å²) in [6.45, 7) is 2.61. The second kappa shape index (κ2) is 8.87. The quantitative estimate of drug-likeness (QED) is 0.480. The highest BCUT2D eigenvalue weighted by molar-refractivity contribution is 6.09. The van der Waals surface area contributed by atoms with Gasteiger partial charge < -0.3 is 20.4 Å². The lowest BCUT2D eigenvalue weighted by Gasteiger charge is -2.07. The van der Waals surface area contributed by atoms with E-state index in [1.54, 1.807) is 49.8 Å². The van der Waals surface area contributed by atoms with Crippen LogP contribution in [0.4, 0.5) is 0 Å². The van der Waals surface area contributed by atoms with Gasteiger partial charge in [0.1, 0.15) is 0 Å². The zero-order valence-corrected chi connectivity index (χ0v) is 13.1. The molecule has 0 saturated heterocycles. The number of aromatic nitrogens is 1. The second-order valence-corrected chi connectivity index (χ2v) is 5.00. The van der Waals surface area contributed by atoms with E-state index in [0.717, 1.165) is 6.54 Å². The molecule has 6 nitrogen and oxygen atoms in total. The molecule has 3 N–H and O–H groups in total. The topological polar surface area (TPSA) is 83.2 Å². The molecule has 2 aromatic rings. The minimum absolute atomic E-state index is 0.0689. The minimum atomic E-state index is -0.154. The van der Waals surface area contributed by atoms with Gasteiger partial charge in [-0.15, -0.1) is 0 Å². The summed E-state index contributed by atoms with van der Waals surface area (Å²) in [4.78, 5) is 27.0. The molecule has 0 aliphatic rings. The molecule has 0 atom stereocenters. The fraction of sp³-hybridized carbons (Fsp3) is 0.294. The average molecular weight is 315 g/mol. The fourth-order valence-corrected chi connectivity index (χ4v) is 2.07. The van der Waals surface area contributed by atoms with Crippen molar-refractivity contribution in [3.05, 3.63) is 59.4 Å². The van der Waals surface area contributed by atoms with Crippen molar-refractivity contribution in [2.45, 2.75) is 0 Å². The highest BCUT2D eigenvalue weighted by Gasteiger charge is 2.10. The SMILES string of the molecule is COCCNCCNC(=O)c1ccc(C(=O)c2cc[nH]c2)cc1. The Morgan fingerprint density at radius 1 is 1.00 bits per heavy atom. The van der Waals surface area contributed by atoms with Gasteiger partial charge in [0.15, 0.2) is 5.78 Å². The molecular formula is C17H21N3O3. The molecule has 0 saturated carbocycles. The van der Waals surface area contributed by atoms with Crippen molar-refractivity contribution >= 4 is 11.7 Å². The lowest BCUT2D eigenvalue weighted by Crippen LogP contribution is -2.33. The number of hydrogen-bond donors (Lipinski definition) is 3. The number of methoxy groups -OCH3 is 1. The second-order valence-electron chi connectivity index (χ2n) is 5.00. The third kappa shape index (κ3) is 5.05. The first-order chi connectivity index (χ1) is 11.2. The molecule has 0 unspecified atom stereocenters. The molecule has 0 fully saturated rings. The molecule has 1 amide bonds. The first kappa shape index (κ1) is 16.9. The van der Waals surface area contributed by atoms with E-state index in [2.05, 4.69) is 15.6 Å². The number of carbonyl (C=O) groups excluding carboxylic acids is 2. The smallest absolute Gasteiger partial charge is 0.251 e. The predicted molar refractivity (Wildman–Crippen MR) is 87.7 cm³/mol. The number of hydrogen-bond acceptors (Lipinski definition) is 4. The standard InChI is InChI=1S/C17H21N3O3/c1-23-11-10-18-8-9-20-17(22)14-4-2-13(3-5-14)16(21)15-6-7-19-12-15/h2-7,12,18-19H,8-11H2,1H3,(H,20,22). The van der Waals surface area contributed by atoms with Gasteiger partial charge in [0.2, 0.25) is 0 Å². The first-order valence-electron chi connectivity index (χ1n) is 7.48. The zero-order chi connectivity index (χ0) is 16.5. The summed E-state index contributed by atoms with van der Waals surface area (Å²) < 4.78 is 4.92. The summed E-state index contributed by atoms with van der Waals surface area (Å²) in [6.07, 6.45) is 3.36. The van der Waals surface area contributed by atoms with Crippen molar-refractivity contribution in [2.24, 2.45) is 0 Å². The number of ketones is 1. The first-order valence-corrected chi connectivity index (χ1v) is 7.48. The summed E-state index contributed by atoms with van der Waals surface area (Å²) in [5.74, 6) is -0.222. The Hall–Kier alpha value is -2.44. The Morgan fingerprint density at radius 3 is 2.39 bits per heavy atom. The van der Waals surface area contributed by atoms with E-state index in [9.17, 15) is 9.59 Å². The fourth-order valence-electron chi connectivity index (χ4n) is 2.07. The molecule has 1 aromatic carbocycles. The van der Waals surface area contributed by atoms with Crippen LogP contribution in [0, 0.1) is 0 Å². The summed E-state index contributed by atoms with van der Waals surface area (Å²) in [6, 6.07) is 8.38. The highest BCUT2D eigenvalue weighted by Crippen LogP contribution is 2.10. The molecule has 0 aliphatic heterocycles. The lowest BCUT2D eigenvalue weighted by atomic mass is 10.0. The Bertz CT molecular complexity index is 621. The van der Waals surface area contributed by atoms with Gasteiger partial charge in [0, 0.05) is 55.8 Å². The normalized spacial score (nSPS) is 10.5. The maximum absolute atomic E-state index is 12.1. The largest absolute Gasteiger partial charge is 0.383 e. The van der Waals surface area contributed by atoms with Gasteiger partial charge in [0.05, 0.1) is 6.61 Å². The van der Waals surface area contributed by atoms with Gasteiger partial charge >= 0.3 is 0 Å². The van der Waals surface area contributed by atoms with Crippen molar-refractivity contribution in [2.75, 3.05) is 33.4 Å². The van der Waals surface area contributed by atoms with Crippen molar-refractivity contribution in [1.29, 1.82) is 0 Å². The molecular weight excluding hydrogens is 294 g/mol. The van der Waals surface area contributed by atoms with Gasteiger partial charge in [-0.05, 0) is 18.2 Å². The monoisotopic (exact) mass is 315 g/mol. The van der Waals surface area contributed by atoms with E-state index in [1.807, 2.05) is 0 Å². The van der Waals surface area contributed by atoms with Crippen LogP contribution in [0.15, 0.2) is 42.7 Å². The lowest BCUT2D eigenvalue weighted by molar-refractivity contribution is 0.0952. The van der Waals surface area contributed by atoms with Crippen LogP contribution in [0.2, 0.25) is 0 Å². The minimum Gasteiger partial charge on any atom is -0.383 e. The Kier molecular flexibility index (Phi) is 6.53. The molecule has 1 heterocycles. The maximum atomic E-state index is 12.1. The average Bonchev–Trinajstić information content (AvgIpc) is 3.12. The van der Waals surface area contributed by atoms with Gasteiger partial charge in [-0.25, -0.2) is 0 Å². The van der Waals surface area contributed by atoms with Crippen molar-refractivity contribution < 1.29 is 14.3 Å². The molecule has 0 aliphatic carbocycles. The van der Waals surface area contributed by atoms with Gasteiger partial charge in [-0.2, -0.15) is 0 Å². The van der Waals surface area contributed by atoms with Gasteiger partial charge in [-0.3, -0.25) is 9.59 Å². The number of nitrogens with one attached hydrogen (secondary N) is 3. The van der Waals surface area contributed by atoms with Gasteiger partial charge in [0.25, 0.3) is 5.91 Å². The maximum Gasteiger partial charge on any atom is 0.251 e. The number of benzene rings is 1. The number of amides is 1. The van der Waals surface area contributed by atoms with Crippen molar-refractivity contribution in [1.82, 2.24) is 15.6 Å². The Labute approximate surface area is 135 Å². The van der Waals surface area contributed by atoms with Crippen LogP contribution in [-0.4, -0.2) is 50.0 Å². The summed E-state index contributed by atoms with van der Waals surface area (Å²) in [7, 11) is 1.65. The number of carbonyl (C=O) groups is 2. The van der Waals surface area contributed by atoms with Crippen molar-refractivity contribution in [3.63, 3.8) is 0 Å². The molecule has 0 bridgehead atoms. The van der Waals surface area contributed by atoms with Crippen LogP contribution in [0.5, 0.6) is 0 Å². The molecule has 2 rings (SSSR count). The van der Waals surface area contributed by atoms with Crippen LogP contribution in [0.1, 0.15) is 26.3 Å². The van der Waals surface area contributed by atoms with Gasteiger partial charge in [-0.1, -0.05) is 12.1 Å². The third-order valence-corrected chi connectivity index (χ3v) is 3.34.